The molecule has 3 aromatic rings. The molecule has 1 saturated carbocycles. The summed E-state index contributed by atoms with van der Waals surface area (Å²) in [6.45, 7) is 3.07. The first-order valence-electron chi connectivity index (χ1n) is 11.7. The van der Waals surface area contributed by atoms with Crippen molar-refractivity contribution in [1.29, 1.82) is 0 Å². The Balaban J connectivity index is 1.38. The highest BCUT2D eigenvalue weighted by Crippen LogP contribution is 2.38. The van der Waals surface area contributed by atoms with Crippen molar-refractivity contribution in [2.24, 2.45) is 5.92 Å². The molecule has 182 valence electrons. The maximum atomic E-state index is 12.7. The average molecular weight is 478 g/mol. The first kappa shape index (κ1) is 23.0. The first-order chi connectivity index (χ1) is 17.0. The molecule has 1 aromatic carbocycles. The number of nitrogens with zero attached hydrogens (tertiary/aromatic N) is 4. The normalized spacial score (nSPS) is 18.1. The Labute approximate surface area is 201 Å². The maximum Gasteiger partial charge on any atom is 0.327 e. The van der Waals surface area contributed by atoms with Gasteiger partial charge in [0.15, 0.2) is 13.2 Å². The predicted molar refractivity (Wildman–Crippen MR) is 126 cm³/mol. The third-order valence-corrected chi connectivity index (χ3v) is 6.23. The summed E-state index contributed by atoms with van der Waals surface area (Å²) < 4.78 is 11.4. The van der Waals surface area contributed by atoms with Crippen molar-refractivity contribution in [3.05, 3.63) is 75.0 Å². The van der Waals surface area contributed by atoms with Crippen LogP contribution in [0.3, 0.4) is 0 Å². The van der Waals surface area contributed by atoms with Gasteiger partial charge in [0.2, 0.25) is 5.82 Å². The minimum atomic E-state index is -1.04. The van der Waals surface area contributed by atoms with Gasteiger partial charge in [-0.05, 0) is 66.6 Å². The van der Waals surface area contributed by atoms with Gasteiger partial charge in [0.25, 0.3) is 5.56 Å². The number of hydrogen-bond donors (Lipinski definition) is 2. The molecule has 1 atom stereocenters. The van der Waals surface area contributed by atoms with E-state index in [-0.39, 0.29) is 24.6 Å². The summed E-state index contributed by atoms with van der Waals surface area (Å²) in [5, 5.41) is 20.4. The highest BCUT2D eigenvalue weighted by atomic mass is 16.5. The van der Waals surface area contributed by atoms with Gasteiger partial charge in [-0.2, -0.15) is 4.80 Å². The zero-order valence-electron chi connectivity index (χ0n) is 19.4. The summed E-state index contributed by atoms with van der Waals surface area (Å²) in [5.41, 5.74) is 4.49. The summed E-state index contributed by atoms with van der Waals surface area (Å²) in [6, 6.07) is 9.83. The standard InChI is InChI=1S/C25H27N5O5/c1-15-10-18(4-7-22(15)35-14-23-27-29-30(28-23)12-24(31)32)20(11-16-8-9-34-13-16)21-6-5-19(17-2-3-17)25(33)26-21/h4-7,10-11,16-17H,2-3,8-9,12-14H2,1H3,(H,26,33)(H,31,32)/b20-11+/t16-/m1/s1. The number of hydrogen-bond acceptors (Lipinski definition) is 7. The highest BCUT2D eigenvalue weighted by molar-refractivity contribution is 5.79. The molecule has 2 N–H and O–H groups in total. The Morgan fingerprint density at radius 2 is 2.14 bits per heavy atom. The number of aromatic amines is 1. The molecule has 0 amide bonds. The molecule has 10 heteroatoms. The number of benzene rings is 1. The molecule has 1 aliphatic carbocycles. The summed E-state index contributed by atoms with van der Waals surface area (Å²) in [6.07, 6.45) is 5.30. The number of nitrogens with one attached hydrogen (secondary N) is 1. The van der Waals surface area contributed by atoms with Crippen LogP contribution in [-0.4, -0.2) is 49.5 Å². The van der Waals surface area contributed by atoms with Crippen LogP contribution in [0.1, 0.15) is 53.4 Å². The Bertz CT molecular complexity index is 1320. The fourth-order valence-electron chi connectivity index (χ4n) is 4.26. The summed E-state index contributed by atoms with van der Waals surface area (Å²) in [4.78, 5) is 27.6. The van der Waals surface area contributed by atoms with Gasteiger partial charge >= 0.3 is 5.97 Å². The van der Waals surface area contributed by atoms with E-state index in [1.54, 1.807) is 0 Å². The van der Waals surface area contributed by atoms with Gasteiger partial charge in [0.05, 0.1) is 6.61 Å². The van der Waals surface area contributed by atoms with Gasteiger partial charge in [0, 0.05) is 29.4 Å². The molecule has 1 saturated heterocycles. The lowest BCUT2D eigenvalue weighted by molar-refractivity contribution is -0.138. The van der Waals surface area contributed by atoms with E-state index in [2.05, 4.69) is 26.5 Å². The number of rotatable bonds is 9. The molecule has 35 heavy (non-hydrogen) atoms. The Kier molecular flexibility index (Phi) is 6.45. The average Bonchev–Trinajstić information content (AvgIpc) is 3.34. The molecule has 2 fully saturated rings. The van der Waals surface area contributed by atoms with Crippen molar-refractivity contribution in [2.45, 2.75) is 45.3 Å². The topological polar surface area (TPSA) is 132 Å². The molecule has 5 rings (SSSR count). The lowest BCUT2D eigenvalue weighted by atomic mass is 9.94. The summed E-state index contributed by atoms with van der Waals surface area (Å²) in [5.74, 6) is 0.585. The fraction of sp³-hybridized carbons (Fsp3) is 0.400. The quantitative estimate of drug-likeness (QED) is 0.481. The minimum Gasteiger partial charge on any atom is -0.485 e. The van der Waals surface area contributed by atoms with Gasteiger partial charge in [-0.3, -0.25) is 9.59 Å². The predicted octanol–water partition coefficient (Wildman–Crippen LogP) is 2.68. The van der Waals surface area contributed by atoms with Crippen LogP contribution in [0.25, 0.3) is 5.57 Å². The number of H-pyrrole nitrogens is 1. The maximum absolute atomic E-state index is 12.7. The highest BCUT2D eigenvalue weighted by Gasteiger charge is 2.26. The lowest BCUT2D eigenvalue weighted by Crippen LogP contribution is -2.14. The first-order valence-corrected chi connectivity index (χ1v) is 11.7. The van der Waals surface area contributed by atoms with Gasteiger partial charge in [-0.15, -0.1) is 10.2 Å². The van der Waals surface area contributed by atoms with E-state index in [1.165, 1.54) is 0 Å². The van der Waals surface area contributed by atoms with E-state index in [0.717, 1.165) is 58.6 Å². The number of carboxylic acid groups (broad SMARTS) is 1. The van der Waals surface area contributed by atoms with Gasteiger partial charge in [-0.1, -0.05) is 18.2 Å². The number of aryl methyl sites for hydroxylation is 1. The Morgan fingerprint density at radius 3 is 2.83 bits per heavy atom. The van der Waals surface area contributed by atoms with Crippen LogP contribution in [0.2, 0.25) is 0 Å². The van der Waals surface area contributed by atoms with Gasteiger partial charge in [-0.25, -0.2) is 0 Å². The SMILES string of the molecule is Cc1cc(/C(=C\[C@H]2CCOC2)c2ccc(C3CC3)c(=O)[nH]2)ccc1OCc1nnn(CC(=O)O)n1. The van der Waals surface area contributed by atoms with Crippen molar-refractivity contribution < 1.29 is 19.4 Å². The van der Waals surface area contributed by atoms with Crippen molar-refractivity contribution >= 4 is 11.5 Å². The number of pyridine rings is 1. The molecular weight excluding hydrogens is 450 g/mol. The number of tetrazole rings is 1. The van der Waals surface area contributed by atoms with E-state index in [1.807, 2.05) is 37.3 Å². The van der Waals surface area contributed by atoms with E-state index in [4.69, 9.17) is 14.6 Å². The van der Waals surface area contributed by atoms with Gasteiger partial charge in [0.1, 0.15) is 5.75 Å². The van der Waals surface area contributed by atoms with Crippen molar-refractivity contribution in [3.63, 3.8) is 0 Å². The molecule has 0 spiro atoms. The molecule has 0 unspecified atom stereocenters. The minimum absolute atomic E-state index is 0.0151. The van der Waals surface area contributed by atoms with Crippen LogP contribution in [0, 0.1) is 12.8 Å². The number of aliphatic carboxylic acids is 1. The van der Waals surface area contributed by atoms with Crippen molar-refractivity contribution in [3.8, 4) is 5.75 Å². The molecule has 2 aliphatic rings. The third-order valence-electron chi connectivity index (χ3n) is 6.23. The second kappa shape index (κ2) is 9.83. The van der Waals surface area contributed by atoms with Crippen LogP contribution >= 0.6 is 0 Å². The zero-order valence-corrected chi connectivity index (χ0v) is 19.4. The number of ether oxygens (including phenoxy) is 2. The van der Waals surface area contributed by atoms with Crippen LogP contribution in [0.5, 0.6) is 5.75 Å². The molecule has 2 aromatic heterocycles. The second-order valence-corrected chi connectivity index (χ2v) is 9.03. The Morgan fingerprint density at radius 1 is 1.29 bits per heavy atom. The monoisotopic (exact) mass is 477 g/mol. The second-order valence-electron chi connectivity index (χ2n) is 9.03. The summed E-state index contributed by atoms with van der Waals surface area (Å²) >= 11 is 0. The van der Waals surface area contributed by atoms with Crippen molar-refractivity contribution in [1.82, 2.24) is 25.2 Å². The smallest absolute Gasteiger partial charge is 0.327 e. The zero-order chi connectivity index (χ0) is 24.4. The van der Waals surface area contributed by atoms with E-state index in [9.17, 15) is 9.59 Å². The number of carbonyl (C=O) groups is 1. The van der Waals surface area contributed by atoms with E-state index < -0.39 is 5.97 Å². The van der Waals surface area contributed by atoms with Crippen LogP contribution < -0.4 is 10.3 Å². The molecule has 0 radical (unpaired) electrons. The number of aromatic nitrogens is 5. The molecule has 10 nitrogen and oxygen atoms in total. The molecule has 3 heterocycles. The lowest BCUT2D eigenvalue weighted by Gasteiger charge is -2.14. The van der Waals surface area contributed by atoms with Gasteiger partial charge < -0.3 is 19.6 Å². The fourth-order valence-corrected chi connectivity index (χ4v) is 4.26. The van der Waals surface area contributed by atoms with Crippen molar-refractivity contribution in [2.75, 3.05) is 13.2 Å². The number of carboxylic acids is 1. The molecular formula is C25H27N5O5. The third kappa shape index (κ3) is 5.48. The molecule has 1 aliphatic heterocycles. The van der Waals surface area contributed by atoms with Crippen LogP contribution in [-0.2, 0) is 22.7 Å². The summed E-state index contributed by atoms with van der Waals surface area (Å²) in [7, 11) is 0. The van der Waals surface area contributed by atoms with E-state index >= 15 is 0 Å². The van der Waals surface area contributed by atoms with Crippen LogP contribution in [0.4, 0.5) is 0 Å². The largest absolute Gasteiger partial charge is 0.485 e. The molecule has 0 bridgehead atoms. The Hall–Kier alpha value is -3.79. The van der Waals surface area contributed by atoms with E-state index in [0.29, 0.717) is 24.1 Å². The van der Waals surface area contributed by atoms with Crippen LogP contribution in [0.15, 0.2) is 41.2 Å².